The molecule has 0 aliphatic heterocycles. The Kier molecular flexibility index (Phi) is 3.68. The second-order valence-electron chi connectivity index (χ2n) is 4.37. The molecule has 21 heavy (non-hydrogen) atoms. The standard InChI is InChI=1S/C15H12N4O2/c20-15(21-10-12-5-2-1-3-6-12)13-7-4-8-14(9-13)19-11-16-17-18-19/h1-9,11H,10H2. The number of rotatable bonds is 4. The molecule has 2 aromatic carbocycles. The molecule has 3 aromatic rings. The molecule has 0 amide bonds. The zero-order chi connectivity index (χ0) is 14.5. The summed E-state index contributed by atoms with van der Waals surface area (Å²) in [6.07, 6.45) is 1.47. The van der Waals surface area contributed by atoms with Crippen LogP contribution in [-0.2, 0) is 11.3 Å². The predicted octanol–water partition coefficient (Wildman–Crippen LogP) is 2.02. The van der Waals surface area contributed by atoms with Gasteiger partial charge in [0, 0.05) is 0 Å². The summed E-state index contributed by atoms with van der Waals surface area (Å²) < 4.78 is 6.77. The maximum atomic E-state index is 12.1. The normalized spacial score (nSPS) is 10.3. The molecule has 0 radical (unpaired) electrons. The molecule has 6 heteroatoms. The van der Waals surface area contributed by atoms with Crippen molar-refractivity contribution in [2.24, 2.45) is 0 Å². The second kappa shape index (κ2) is 5.96. The summed E-state index contributed by atoms with van der Waals surface area (Å²) in [6.45, 7) is 0.245. The Hall–Kier alpha value is -3.02. The van der Waals surface area contributed by atoms with Crippen LogP contribution in [0.5, 0.6) is 0 Å². The molecular weight excluding hydrogens is 268 g/mol. The number of nitrogens with zero attached hydrogens (tertiary/aromatic N) is 4. The van der Waals surface area contributed by atoms with Crippen molar-refractivity contribution in [2.75, 3.05) is 0 Å². The lowest BCUT2D eigenvalue weighted by Crippen LogP contribution is -2.06. The Balaban J connectivity index is 1.72. The lowest BCUT2D eigenvalue weighted by atomic mass is 10.2. The highest BCUT2D eigenvalue weighted by Crippen LogP contribution is 2.11. The van der Waals surface area contributed by atoms with E-state index in [0.29, 0.717) is 11.3 Å². The summed E-state index contributed by atoms with van der Waals surface area (Å²) in [5.74, 6) is -0.381. The van der Waals surface area contributed by atoms with Gasteiger partial charge in [0.25, 0.3) is 0 Å². The van der Waals surface area contributed by atoms with Gasteiger partial charge in [-0.3, -0.25) is 0 Å². The molecule has 0 bridgehead atoms. The summed E-state index contributed by atoms with van der Waals surface area (Å²) in [7, 11) is 0. The van der Waals surface area contributed by atoms with Crippen molar-refractivity contribution in [3.63, 3.8) is 0 Å². The Morgan fingerprint density at radius 1 is 1.10 bits per heavy atom. The van der Waals surface area contributed by atoms with Crippen LogP contribution in [0.3, 0.4) is 0 Å². The third-order valence-electron chi connectivity index (χ3n) is 2.91. The second-order valence-corrected chi connectivity index (χ2v) is 4.37. The van der Waals surface area contributed by atoms with Gasteiger partial charge >= 0.3 is 5.97 Å². The Morgan fingerprint density at radius 3 is 2.71 bits per heavy atom. The Morgan fingerprint density at radius 2 is 1.95 bits per heavy atom. The molecule has 0 atom stereocenters. The van der Waals surface area contributed by atoms with Crippen LogP contribution in [0.4, 0.5) is 0 Å². The van der Waals surface area contributed by atoms with Crippen LogP contribution in [-0.4, -0.2) is 26.2 Å². The van der Waals surface area contributed by atoms with E-state index in [0.717, 1.165) is 5.56 Å². The third kappa shape index (κ3) is 3.11. The fraction of sp³-hybridized carbons (Fsp3) is 0.0667. The van der Waals surface area contributed by atoms with E-state index in [-0.39, 0.29) is 12.6 Å². The lowest BCUT2D eigenvalue weighted by Gasteiger charge is -2.06. The molecule has 0 spiro atoms. The van der Waals surface area contributed by atoms with E-state index in [2.05, 4.69) is 15.5 Å². The number of benzene rings is 2. The number of esters is 1. The number of aromatic nitrogens is 4. The van der Waals surface area contributed by atoms with Gasteiger partial charge < -0.3 is 4.74 Å². The van der Waals surface area contributed by atoms with E-state index < -0.39 is 0 Å². The minimum absolute atomic E-state index is 0.245. The summed E-state index contributed by atoms with van der Waals surface area (Å²) in [6, 6.07) is 16.5. The maximum Gasteiger partial charge on any atom is 0.338 e. The highest BCUT2D eigenvalue weighted by molar-refractivity contribution is 5.90. The van der Waals surface area contributed by atoms with Crippen LogP contribution in [0.2, 0.25) is 0 Å². The van der Waals surface area contributed by atoms with Gasteiger partial charge in [-0.05, 0) is 34.2 Å². The topological polar surface area (TPSA) is 69.9 Å². The molecule has 104 valence electrons. The van der Waals surface area contributed by atoms with Crippen LogP contribution in [0.15, 0.2) is 60.9 Å². The van der Waals surface area contributed by atoms with Gasteiger partial charge in [0.1, 0.15) is 12.9 Å². The smallest absolute Gasteiger partial charge is 0.338 e. The van der Waals surface area contributed by atoms with E-state index >= 15 is 0 Å². The molecule has 0 saturated heterocycles. The van der Waals surface area contributed by atoms with Crippen molar-refractivity contribution in [2.45, 2.75) is 6.61 Å². The monoisotopic (exact) mass is 280 g/mol. The van der Waals surface area contributed by atoms with E-state index in [9.17, 15) is 4.79 Å². The third-order valence-corrected chi connectivity index (χ3v) is 2.91. The molecule has 1 aromatic heterocycles. The first kappa shape index (κ1) is 13.0. The van der Waals surface area contributed by atoms with Crippen LogP contribution in [0.25, 0.3) is 5.69 Å². The lowest BCUT2D eigenvalue weighted by molar-refractivity contribution is 0.0472. The van der Waals surface area contributed by atoms with Crippen molar-refractivity contribution in [1.29, 1.82) is 0 Å². The zero-order valence-corrected chi connectivity index (χ0v) is 11.1. The SMILES string of the molecule is O=C(OCc1ccccc1)c1cccc(-n2cnnn2)c1. The van der Waals surface area contributed by atoms with Gasteiger partial charge in [-0.15, -0.1) is 5.10 Å². The van der Waals surface area contributed by atoms with E-state index in [1.165, 1.54) is 11.0 Å². The Bertz CT molecular complexity index is 726. The molecular formula is C15H12N4O2. The maximum absolute atomic E-state index is 12.1. The molecule has 3 rings (SSSR count). The average molecular weight is 280 g/mol. The number of ether oxygens (including phenoxy) is 1. The molecule has 0 unspecified atom stereocenters. The number of hydrogen-bond acceptors (Lipinski definition) is 5. The van der Waals surface area contributed by atoms with Crippen LogP contribution in [0, 0.1) is 0 Å². The first-order valence-electron chi connectivity index (χ1n) is 6.37. The van der Waals surface area contributed by atoms with Crippen LogP contribution in [0.1, 0.15) is 15.9 Å². The molecule has 6 nitrogen and oxygen atoms in total. The van der Waals surface area contributed by atoms with Crippen LogP contribution >= 0.6 is 0 Å². The molecule has 0 aliphatic carbocycles. The highest BCUT2D eigenvalue weighted by Gasteiger charge is 2.09. The van der Waals surface area contributed by atoms with Crippen molar-refractivity contribution >= 4 is 5.97 Å². The van der Waals surface area contributed by atoms with Gasteiger partial charge in [-0.1, -0.05) is 36.4 Å². The quantitative estimate of drug-likeness (QED) is 0.684. The molecule has 0 saturated carbocycles. The van der Waals surface area contributed by atoms with Gasteiger partial charge in [-0.25, -0.2) is 9.48 Å². The van der Waals surface area contributed by atoms with Crippen LogP contribution < -0.4 is 0 Å². The molecule has 0 fully saturated rings. The van der Waals surface area contributed by atoms with Gasteiger partial charge in [0.15, 0.2) is 0 Å². The highest BCUT2D eigenvalue weighted by atomic mass is 16.5. The number of carbonyl (C=O) groups is 1. The number of hydrogen-bond donors (Lipinski definition) is 0. The Labute approximate surface area is 121 Å². The first-order chi connectivity index (χ1) is 10.3. The molecule has 1 heterocycles. The zero-order valence-electron chi connectivity index (χ0n) is 11.1. The summed E-state index contributed by atoms with van der Waals surface area (Å²) >= 11 is 0. The fourth-order valence-electron chi connectivity index (χ4n) is 1.86. The average Bonchev–Trinajstić information content (AvgIpc) is 3.08. The van der Waals surface area contributed by atoms with Crippen molar-refractivity contribution in [3.05, 3.63) is 72.1 Å². The summed E-state index contributed by atoms with van der Waals surface area (Å²) in [5.41, 5.74) is 2.11. The number of carbonyl (C=O) groups excluding carboxylic acids is 1. The van der Waals surface area contributed by atoms with Gasteiger partial charge in [-0.2, -0.15) is 0 Å². The first-order valence-corrected chi connectivity index (χ1v) is 6.37. The van der Waals surface area contributed by atoms with Crippen molar-refractivity contribution in [3.8, 4) is 5.69 Å². The van der Waals surface area contributed by atoms with E-state index in [1.807, 2.05) is 36.4 Å². The number of tetrazole rings is 1. The van der Waals surface area contributed by atoms with E-state index in [4.69, 9.17) is 4.74 Å². The van der Waals surface area contributed by atoms with Gasteiger partial charge in [0.2, 0.25) is 0 Å². The predicted molar refractivity (Wildman–Crippen MR) is 74.7 cm³/mol. The molecule has 0 aliphatic rings. The molecule has 0 N–H and O–H groups in total. The minimum Gasteiger partial charge on any atom is -0.457 e. The van der Waals surface area contributed by atoms with E-state index in [1.54, 1.807) is 18.2 Å². The summed E-state index contributed by atoms with van der Waals surface area (Å²) in [4.78, 5) is 12.1. The van der Waals surface area contributed by atoms with Gasteiger partial charge in [0.05, 0.1) is 11.3 Å². The fourth-order valence-corrected chi connectivity index (χ4v) is 1.86. The summed E-state index contributed by atoms with van der Waals surface area (Å²) in [5, 5.41) is 10.9. The minimum atomic E-state index is -0.381. The van der Waals surface area contributed by atoms with Crippen molar-refractivity contribution < 1.29 is 9.53 Å². The van der Waals surface area contributed by atoms with Crippen molar-refractivity contribution in [1.82, 2.24) is 20.2 Å². The largest absolute Gasteiger partial charge is 0.457 e.